The second kappa shape index (κ2) is 7.99. The monoisotopic (exact) mass is 300 g/mol. The Morgan fingerprint density at radius 1 is 1.29 bits per heavy atom. The van der Waals surface area contributed by atoms with Crippen molar-refractivity contribution in [1.29, 1.82) is 0 Å². The SMILES string of the molecule is CCOC1CC(NCC(NC(=O)OC(C)(C)C)C(C)C)C1. The summed E-state index contributed by atoms with van der Waals surface area (Å²) in [5.41, 5.74) is -0.461. The van der Waals surface area contributed by atoms with E-state index in [4.69, 9.17) is 9.47 Å². The molecule has 124 valence electrons. The zero-order chi connectivity index (χ0) is 16.0. The van der Waals surface area contributed by atoms with E-state index in [0.29, 0.717) is 18.1 Å². The van der Waals surface area contributed by atoms with Crippen LogP contribution in [-0.2, 0) is 9.47 Å². The van der Waals surface area contributed by atoms with Crippen LogP contribution >= 0.6 is 0 Å². The quantitative estimate of drug-likeness (QED) is 0.759. The minimum atomic E-state index is -0.461. The summed E-state index contributed by atoms with van der Waals surface area (Å²) < 4.78 is 10.9. The van der Waals surface area contributed by atoms with Gasteiger partial charge in [-0.1, -0.05) is 13.8 Å². The lowest BCUT2D eigenvalue weighted by Gasteiger charge is -2.37. The van der Waals surface area contributed by atoms with Crippen molar-refractivity contribution in [2.75, 3.05) is 13.2 Å². The molecule has 0 spiro atoms. The highest BCUT2D eigenvalue weighted by atomic mass is 16.6. The molecule has 5 nitrogen and oxygen atoms in total. The summed E-state index contributed by atoms with van der Waals surface area (Å²) in [7, 11) is 0. The molecule has 0 aromatic carbocycles. The van der Waals surface area contributed by atoms with E-state index in [2.05, 4.69) is 24.5 Å². The van der Waals surface area contributed by atoms with E-state index in [0.717, 1.165) is 26.0 Å². The zero-order valence-corrected chi connectivity index (χ0v) is 14.4. The Morgan fingerprint density at radius 2 is 1.90 bits per heavy atom. The number of nitrogens with one attached hydrogen (secondary N) is 2. The average molecular weight is 300 g/mol. The molecule has 1 unspecified atom stereocenters. The molecule has 1 aliphatic carbocycles. The summed E-state index contributed by atoms with van der Waals surface area (Å²) in [5.74, 6) is 0.354. The van der Waals surface area contributed by atoms with E-state index < -0.39 is 5.60 Å². The van der Waals surface area contributed by atoms with Crippen LogP contribution in [0.2, 0.25) is 0 Å². The van der Waals surface area contributed by atoms with Gasteiger partial charge in [-0.15, -0.1) is 0 Å². The number of rotatable bonds is 7. The van der Waals surface area contributed by atoms with Crippen LogP contribution in [0, 0.1) is 5.92 Å². The smallest absolute Gasteiger partial charge is 0.407 e. The second-order valence-corrected chi connectivity index (χ2v) is 7.15. The number of hydrogen-bond donors (Lipinski definition) is 2. The van der Waals surface area contributed by atoms with Gasteiger partial charge in [0.25, 0.3) is 0 Å². The summed E-state index contributed by atoms with van der Waals surface area (Å²) in [5, 5.41) is 6.46. The standard InChI is InChI=1S/C16H32N2O3/c1-7-20-13-8-12(9-13)17-10-14(11(2)3)18-15(19)21-16(4,5)6/h11-14,17H,7-10H2,1-6H3,(H,18,19). The Morgan fingerprint density at radius 3 is 2.38 bits per heavy atom. The van der Waals surface area contributed by atoms with Gasteiger partial charge in [0, 0.05) is 25.2 Å². The molecule has 0 heterocycles. The van der Waals surface area contributed by atoms with Crippen LogP contribution in [-0.4, -0.2) is 43.0 Å². The molecule has 1 aliphatic rings. The van der Waals surface area contributed by atoms with Crippen molar-refractivity contribution in [2.45, 2.75) is 78.2 Å². The minimum Gasteiger partial charge on any atom is -0.444 e. The maximum Gasteiger partial charge on any atom is 0.407 e. The first kappa shape index (κ1) is 18.2. The third-order valence-electron chi connectivity index (χ3n) is 3.63. The molecule has 0 bridgehead atoms. The molecule has 1 saturated carbocycles. The van der Waals surface area contributed by atoms with E-state index >= 15 is 0 Å². The van der Waals surface area contributed by atoms with Crippen molar-refractivity contribution < 1.29 is 14.3 Å². The van der Waals surface area contributed by atoms with Crippen LogP contribution in [0.4, 0.5) is 4.79 Å². The van der Waals surface area contributed by atoms with Gasteiger partial charge >= 0.3 is 6.09 Å². The lowest BCUT2D eigenvalue weighted by Crippen LogP contribution is -2.52. The predicted molar refractivity (Wildman–Crippen MR) is 84.4 cm³/mol. The van der Waals surface area contributed by atoms with Crippen molar-refractivity contribution in [3.63, 3.8) is 0 Å². The zero-order valence-electron chi connectivity index (χ0n) is 14.4. The molecule has 1 amide bonds. The van der Waals surface area contributed by atoms with E-state index in [9.17, 15) is 4.79 Å². The Bertz CT molecular complexity index is 320. The van der Waals surface area contributed by atoms with Gasteiger partial charge in [0.2, 0.25) is 0 Å². The molecular weight excluding hydrogens is 268 g/mol. The van der Waals surface area contributed by atoms with Crippen LogP contribution < -0.4 is 10.6 Å². The molecule has 2 N–H and O–H groups in total. The molecule has 21 heavy (non-hydrogen) atoms. The van der Waals surface area contributed by atoms with Crippen LogP contribution in [0.5, 0.6) is 0 Å². The maximum atomic E-state index is 11.9. The number of ether oxygens (including phenoxy) is 2. The maximum absolute atomic E-state index is 11.9. The highest BCUT2D eigenvalue weighted by Gasteiger charge is 2.30. The van der Waals surface area contributed by atoms with Crippen molar-refractivity contribution >= 4 is 6.09 Å². The Labute approximate surface area is 129 Å². The molecule has 0 radical (unpaired) electrons. The van der Waals surface area contributed by atoms with Gasteiger partial charge in [-0.05, 0) is 46.5 Å². The molecule has 0 saturated heterocycles. The second-order valence-electron chi connectivity index (χ2n) is 7.15. The molecule has 0 aliphatic heterocycles. The summed E-state index contributed by atoms with van der Waals surface area (Å²) in [4.78, 5) is 11.9. The number of amides is 1. The first-order chi connectivity index (χ1) is 9.71. The largest absolute Gasteiger partial charge is 0.444 e. The number of carbonyl (C=O) groups is 1. The van der Waals surface area contributed by atoms with Gasteiger partial charge in [0.1, 0.15) is 5.60 Å². The highest BCUT2D eigenvalue weighted by molar-refractivity contribution is 5.68. The van der Waals surface area contributed by atoms with Gasteiger partial charge in [0.05, 0.1) is 6.10 Å². The Balaban J connectivity index is 2.29. The normalized spacial score (nSPS) is 23.6. The van der Waals surface area contributed by atoms with Crippen LogP contribution in [0.3, 0.4) is 0 Å². The minimum absolute atomic E-state index is 0.0750. The predicted octanol–water partition coefficient (Wildman–Crippen LogP) is 2.69. The van der Waals surface area contributed by atoms with Crippen molar-refractivity contribution in [3.8, 4) is 0 Å². The fourth-order valence-electron chi connectivity index (χ4n) is 2.31. The molecule has 1 fully saturated rings. The molecule has 0 aromatic rings. The van der Waals surface area contributed by atoms with Crippen LogP contribution in [0.25, 0.3) is 0 Å². The Kier molecular flexibility index (Phi) is 6.94. The first-order valence-corrected chi connectivity index (χ1v) is 8.05. The summed E-state index contributed by atoms with van der Waals surface area (Å²) in [6.07, 6.45) is 2.18. The van der Waals surface area contributed by atoms with Crippen molar-refractivity contribution in [1.82, 2.24) is 10.6 Å². The third kappa shape index (κ3) is 7.14. The summed E-state index contributed by atoms with van der Waals surface area (Å²) in [6.45, 7) is 13.4. The van der Waals surface area contributed by atoms with Gasteiger partial charge in [-0.25, -0.2) is 4.79 Å². The molecule has 0 aromatic heterocycles. The molecular formula is C16H32N2O3. The molecule has 5 heteroatoms. The fourth-order valence-corrected chi connectivity index (χ4v) is 2.31. The van der Waals surface area contributed by atoms with Gasteiger partial charge < -0.3 is 20.1 Å². The topological polar surface area (TPSA) is 59.6 Å². The average Bonchev–Trinajstić information content (AvgIpc) is 2.27. The van der Waals surface area contributed by atoms with Crippen molar-refractivity contribution in [2.24, 2.45) is 5.92 Å². The highest BCUT2D eigenvalue weighted by Crippen LogP contribution is 2.23. The number of carbonyl (C=O) groups excluding carboxylic acids is 1. The fraction of sp³-hybridized carbons (Fsp3) is 0.938. The van der Waals surface area contributed by atoms with E-state index in [-0.39, 0.29) is 12.1 Å². The number of hydrogen-bond acceptors (Lipinski definition) is 4. The van der Waals surface area contributed by atoms with E-state index in [1.165, 1.54) is 0 Å². The Hall–Kier alpha value is -0.810. The van der Waals surface area contributed by atoms with Crippen LogP contribution in [0.1, 0.15) is 54.4 Å². The van der Waals surface area contributed by atoms with Gasteiger partial charge in [-0.3, -0.25) is 0 Å². The molecule has 1 atom stereocenters. The van der Waals surface area contributed by atoms with Crippen LogP contribution in [0.15, 0.2) is 0 Å². The van der Waals surface area contributed by atoms with E-state index in [1.807, 2.05) is 27.7 Å². The summed E-state index contributed by atoms with van der Waals surface area (Å²) >= 11 is 0. The van der Waals surface area contributed by atoms with Gasteiger partial charge in [-0.2, -0.15) is 0 Å². The third-order valence-corrected chi connectivity index (χ3v) is 3.63. The lowest BCUT2D eigenvalue weighted by molar-refractivity contribution is -0.0107. The van der Waals surface area contributed by atoms with E-state index in [1.54, 1.807) is 0 Å². The number of alkyl carbamates (subject to hydrolysis) is 1. The van der Waals surface area contributed by atoms with Crippen molar-refractivity contribution in [3.05, 3.63) is 0 Å². The molecule has 1 rings (SSSR count). The summed E-state index contributed by atoms with van der Waals surface area (Å²) in [6, 6.07) is 0.578. The lowest BCUT2D eigenvalue weighted by atomic mass is 9.88. The van der Waals surface area contributed by atoms with Gasteiger partial charge in [0.15, 0.2) is 0 Å². The first-order valence-electron chi connectivity index (χ1n) is 8.05.